The second-order valence-electron chi connectivity index (χ2n) is 5.70. The van der Waals surface area contributed by atoms with Gasteiger partial charge in [-0.15, -0.1) is 11.3 Å². The number of carbonyl (C=O) groups is 1. The summed E-state index contributed by atoms with van der Waals surface area (Å²) < 4.78 is 5.45. The highest BCUT2D eigenvalue weighted by molar-refractivity contribution is 7.12. The van der Waals surface area contributed by atoms with Crippen LogP contribution in [0.1, 0.15) is 59.9 Å². The summed E-state index contributed by atoms with van der Waals surface area (Å²) in [5, 5.41) is 10.2. The second kappa shape index (κ2) is 4.97. The minimum atomic E-state index is -0.928. The first-order valence-corrected chi connectivity index (χ1v) is 7.03. The zero-order chi connectivity index (χ0) is 13.3. The van der Waals surface area contributed by atoms with E-state index in [2.05, 4.69) is 25.8 Å². The van der Waals surface area contributed by atoms with Gasteiger partial charge < -0.3 is 9.84 Å². The number of aromatic nitrogens is 1. The van der Waals surface area contributed by atoms with E-state index in [0.717, 1.165) is 29.3 Å². The van der Waals surface area contributed by atoms with Crippen LogP contribution in [-0.2, 0) is 10.2 Å². The summed E-state index contributed by atoms with van der Waals surface area (Å²) >= 11 is 1.53. The summed E-state index contributed by atoms with van der Waals surface area (Å²) in [6.07, 6.45) is 1.98. The lowest BCUT2D eigenvalue weighted by molar-refractivity contribution is 0.0676. The lowest BCUT2D eigenvalue weighted by Gasteiger charge is -2.21. The Morgan fingerprint density at radius 3 is 2.72 bits per heavy atom. The molecule has 1 unspecified atom stereocenters. The van der Waals surface area contributed by atoms with Crippen molar-refractivity contribution in [1.29, 1.82) is 0 Å². The molecule has 1 saturated heterocycles. The third-order valence-electron chi connectivity index (χ3n) is 3.03. The zero-order valence-corrected chi connectivity index (χ0v) is 11.8. The largest absolute Gasteiger partial charge is 0.476 e. The summed E-state index contributed by atoms with van der Waals surface area (Å²) in [5.74, 6) is -0.735. The fraction of sp³-hybridized carbons (Fsp3) is 0.692. The molecule has 5 heteroatoms. The van der Waals surface area contributed by atoms with Gasteiger partial charge in [0.2, 0.25) is 0 Å². The molecule has 0 spiro atoms. The number of hydrogen-bond acceptors (Lipinski definition) is 4. The topological polar surface area (TPSA) is 59.4 Å². The maximum Gasteiger partial charge on any atom is 0.355 e. The molecule has 1 aromatic rings. The average molecular weight is 269 g/mol. The van der Waals surface area contributed by atoms with Gasteiger partial charge in [0.05, 0.1) is 11.6 Å². The SMILES string of the molecule is CC(C)(C)c1nc(C(=O)O)c(C2CCCOC2)s1. The highest BCUT2D eigenvalue weighted by Gasteiger charge is 2.29. The molecule has 2 heterocycles. The average Bonchev–Trinajstić information content (AvgIpc) is 2.74. The fourth-order valence-electron chi connectivity index (χ4n) is 2.03. The van der Waals surface area contributed by atoms with Crippen molar-refractivity contribution >= 4 is 17.3 Å². The first-order chi connectivity index (χ1) is 8.39. The molecule has 1 aromatic heterocycles. The van der Waals surface area contributed by atoms with E-state index in [9.17, 15) is 9.90 Å². The summed E-state index contributed by atoms with van der Waals surface area (Å²) in [6, 6.07) is 0. The Morgan fingerprint density at radius 2 is 2.22 bits per heavy atom. The smallest absolute Gasteiger partial charge is 0.355 e. The Bertz CT molecular complexity index is 442. The van der Waals surface area contributed by atoms with Gasteiger partial charge >= 0.3 is 5.97 Å². The van der Waals surface area contributed by atoms with Crippen LogP contribution in [0.4, 0.5) is 0 Å². The molecule has 1 aliphatic rings. The number of hydrogen-bond donors (Lipinski definition) is 1. The number of nitrogens with zero attached hydrogens (tertiary/aromatic N) is 1. The summed E-state index contributed by atoms with van der Waals surface area (Å²) in [7, 11) is 0. The lowest BCUT2D eigenvalue weighted by atomic mass is 9.98. The molecule has 2 rings (SSSR count). The van der Waals surface area contributed by atoms with Crippen molar-refractivity contribution in [3.8, 4) is 0 Å². The van der Waals surface area contributed by atoms with E-state index in [1.807, 2.05) is 0 Å². The van der Waals surface area contributed by atoms with Gasteiger partial charge in [-0.3, -0.25) is 0 Å². The predicted molar refractivity (Wildman–Crippen MR) is 70.6 cm³/mol. The van der Waals surface area contributed by atoms with Gasteiger partial charge in [0.15, 0.2) is 5.69 Å². The maximum absolute atomic E-state index is 11.3. The fourth-order valence-corrected chi connectivity index (χ4v) is 3.26. The van der Waals surface area contributed by atoms with Crippen LogP contribution >= 0.6 is 11.3 Å². The molecular weight excluding hydrogens is 250 g/mol. The Labute approximate surface area is 111 Å². The first kappa shape index (κ1) is 13.5. The molecular formula is C13H19NO3S. The van der Waals surface area contributed by atoms with E-state index in [4.69, 9.17) is 4.74 Å². The van der Waals surface area contributed by atoms with Crippen LogP contribution in [-0.4, -0.2) is 29.3 Å². The highest BCUT2D eigenvalue weighted by atomic mass is 32.1. The van der Waals surface area contributed by atoms with E-state index in [1.54, 1.807) is 0 Å². The van der Waals surface area contributed by atoms with Crippen molar-refractivity contribution in [2.75, 3.05) is 13.2 Å². The van der Waals surface area contributed by atoms with Crippen molar-refractivity contribution in [2.24, 2.45) is 0 Å². The molecule has 0 aromatic carbocycles. The molecule has 1 atom stereocenters. The Morgan fingerprint density at radius 1 is 1.50 bits per heavy atom. The van der Waals surface area contributed by atoms with Crippen LogP contribution in [0.5, 0.6) is 0 Å². The number of ether oxygens (including phenoxy) is 1. The lowest BCUT2D eigenvalue weighted by Crippen LogP contribution is -2.16. The predicted octanol–water partition coefficient (Wildman–Crippen LogP) is 3.03. The summed E-state index contributed by atoms with van der Waals surface area (Å²) in [6.45, 7) is 7.56. The van der Waals surface area contributed by atoms with Gasteiger partial charge in [-0.25, -0.2) is 9.78 Å². The monoisotopic (exact) mass is 269 g/mol. The van der Waals surface area contributed by atoms with Crippen LogP contribution < -0.4 is 0 Å². The van der Waals surface area contributed by atoms with E-state index in [0.29, 0.717) is 6.61 Å². The van der Waals surface area contributed by atoms with Gasteiger partial charge in [-0.2, -0.15) is 0 Å². The molecule has 0 amide bonds. The van der Waals surface area contributed by atoms with Crippen LogP contribution in [0.3, 0.4) is 0 Å². The minimum absolute atomic E-state index is 0.108. The van der Waals surface area contributed by atoms with Gasteiger partial charge in [0.25, 0.3) is 0 Å². The first-order valence-electron chi connectivity index (χ1n) is 6.22. The standard InChI is InChI=1S/C13H19NO3S/c1-13(2,3)12-14-9(11(15)16)10(18-12)8-5-4-6-17-7-8/h8H,4-7H2,1-3H3,(H,15,16). The number of rotatable bonds is 2. The van der Waals surface area contributed by atoms with Crippen LogP contribution in [0.25, 0.3) is 0 Å². The number of thiazole rings is 1. The van der Waals surface area contributed by atoms with E-state index >= 15 is 0 Å². The van der Waals surface area contributed by atoms with Crippen molar-refractivity contribution < 1.29 is 14.6 Å². The zero-order valence-electron chi connectivity index (χ0n) is 11.0. The van der Waals surface area contributed by atoms with E-state index < -0.39 is 5.97 Å². The van der Waals surface area contributed by atoms with Crippen molar-refractivity contribution in [1.82, 2.24) is 4.98 Å². The van der Waals surface area contributed by atoms with Crippen molar-refractivity contribution in [3.63, 3.8) is 0 Å². The molecule has 0 saturated carbocycles. The van der Waals surface area contributed by atoms with Crippen LogP contribution in [0.2, 0.25) is 0 Å². The summed E-state index contributed by atoms with van der Waals surface area (Å²) in [5.41, 5.74) is 0.114. The second-order valence-corrected chi connectivity index (χ2v) is 6.73. The summed E-state index contributed by atoms with van der Waals surface area (Å²) in [4.78, 5) is 16.5. The van der Waals surface area contributed by atoms with Crippen LogP contribution in [0, 0.1) is 0 Å². The van der Waals surface area contributed by atoms with E-state index in [-0.39, 0.29) is 17.0 Å². The highest BCUT2D eigenvalue weighted by Crippen LogP contribution is 2.36. The van der Waals surface area contributed by atoms with Gasteiger partial charge in [0, 0.05) is 22.8 Å². The van der Waals surface area contributed by atoms with Crippen molar-refractivity contribution in [3.05, 3.63) is 15.6 Å². The normalized spacial score (nSPS) is 20.9. The number of aromatic carboxylic acids is 1. The molecule has 1 aliphatic heterocycles. The Kier molecular flexibility index (Phi) is 3.73. The number of carboxylic acids is 1. The van der Waals surface area contributed by atoms with Gasteiger partial charge in [-0.1, -0.05) is 20.8 Å². The molecule has 4 nitrogen and oxygen atoms in total. The maximum atomic E-state index is 11.3. The molecule has 18 heavy (non-hydrogen) atoms. The third kappa shape index (κ3) is 2.72. The molecule has 0 bridgehead atoms. The van der Waals surface area contributed by atoms with E-state index in [1.165, 1.54) is 11.3 Å². The number of carboxylic acid groups (broad SMARTS) is 1. The molecule has 100 valence electrons. The molecule has 0 aliphatic carbocycles. The Hall–Kier alpha value is -0.940. The van der Waals surface area contributed by atoms with Crippen molar-refractivity contribution in [2.45, 2.75) is 44.9 Å². The molecule has 0 radical (unpaired) electrons. The Balaban J connectivity index is 2.38. The quantitative estimate of drug-likeness (QED) is 0.896. The minimum Gasteiger partial charge on any atom is -0.476 e. The van der Waals surface area contributed by atoms with Crippen LogP contribution in [0.15, 0.2) is 0 Å². The molecule has 1 N–H and O–H groups in total. The van der Waals surface area contributed by atoms with Gasteiger partial charge in [0.1, 0.15) is 0 Å². The molecule has 1 fully saturated rings. The van der Waals surface area contributed by atoms with Gasteiger partial charge in [-0.05, 0) is 12.8 Å². The third-order valence-corrected chi connectivity index (χ3v) is 4.67.